The number of carbonyl (C=O) groups is 1. The molecule has 1 fully saturated rings. The maximum atomic E-state index is 12.4. The van der Waals surface area contributed by atoms with Crippen molar-refractivity contribution in [3.05, 3.63) is 29.8 Å². The normalized spacial score (nSPS) is 19.5. The van der Waals surface area contributed by atoms with Crippen LogP contribution in [-0.2, 0) is 10.0 Å². The van der Waals surface area contributed by atoms with Crippen LogP contribution in [0, 0.1) is 5.41 Å². The average Bonchev–Trinajstić information content (AvgIpc) is 2.70. The molecule has 1 heterocycles. The smallest absolute Gasteiger partial charge is 0.335 e. The Morgan fingerprint density at radius 3 is 2.58 bits per heavy atom. The Balaban J connectivity index is 2.35. The van der Waals surface area contributed by atoms with Crippen molar-refractivity contribution in [2.24, 2.45) is 5.41 Å². The molecule has 19 heavy (non-hydrogen) atoms. The minimum absolute atomic E-state index is 0.0143. The van der Waals surface area contributed by atoms with Gasteiger partial charge in [0.25, 0.3) is 0 Å². The van der Waals surface area contributed by atoms with Gasteiger partial charge in [-0.15, -0.1) is 0 Å². The average molecular weight is 283 g/mol. The molecule has 1 aromatic rings. The second kappa shape index (κ2) is 4.61. The quantitative estimate of drug-likeness (QED) is 0.918. The molecule has 1 aliphatic rings. The highest BCUT2D eigenvalue weighted by atomic mass is 32.2. The molecule has 0 unspecified atom stereocenters. The van der Waals surface area contributed by atoms with E-state index in [0.717, 1.165) is 6.42 Å². The van der Waals surface area contributed by atoms with E-state index in [2.05, 4.69) is 0 Å². The van der Waals surface area contributed by atoms with Gasteiger partial charge in [-0.2, -0.15) is 4.31 Å². The van der Waals surface area contributed by atoms with Crippen LogP contribution in [0.25, 0.3) is 0 Å². The van der Waals surface area contributed by atoms with Crippen molar-refractivity contribution in [1.29, 1.82) is 0 Å². The molecule has 0 atom stereocenters. The lowest BCUT2D eigenvalue weighted by Gasteiger charge is -2.19. The molecule has 0 aliphatic carbocycles. The third-order valence-corrected chi connectivity index (χ3v) is 5.20. The number of hydrogen-bond donors (Lipinski definition) is 1. The van der Waals surface area contributed by atoms with E-state index in [1.165, 1.54) is 28.6 Å². The summed E-state index contributed by atoms with van der Waals surface area (Å²) in [4.78, 5) is 10.9. The summed E-state index contributed by atoms with van der Waals surface area (Å²) in [5.74, 6) is -1.13. The zero-order valence-electron chi connectivity index (χ0n) is 11.0. The van der Waals surface area contributed by atoms with Crippen molar-refractivity contribution in [2.75, 3.05) is 13.1 Å². The standard InChI is InChI=1S/C13H17NO4S/c1-13(2)6-7-14(9-13)19(17,18)11-5-3-4-10(8-11)12(15)16/h3-5,8H,6-7,9H2,1-2H3,(H,15,16). The summed E-state index contributed by atoms with van der Waals surface area (Å²) in [6, 6.07) is 5.49. The number of aromatic carboxylic acids is 1. The van der Waals surface area contributed by atoms with Crippen LogP contribution in [0.5, 0.6) is 0 Å². The Bertz CT molecular complexity index is 607. The molecule has 0 amide bonds. The fraction of sp³-hybridized carbons (Fsp3) is 0.462. The summed E-state index contributed by atoms with van der Waals surface area (Å²) >= 11 is 0. The highest BCUT2D eigenvalue weighted by Gasteiger charge is 2.36. The number of nitrogens with zero attached hydrogens (tertiary/aromatic N) is 1. The second-order valence-corrected chi connectivity index (χ2v) is 7.52. The van der Waals surface area contributed by atoms with E-state index in [0.29, 0.717) is 13.1 Å². The van der Waals surface area contributed by atoms with E-state index >= 15 is 0 Å². The van der Waals surface area contributed by atoms with E-state index in [1.54, 1.807) is 0 Å². The minimum atomic E-state index is -3.60. The zero-order valence-corrected chi connectivity index (χ0v) is 11.8. The molecule has 0 radical (unpaired) electrons. The fourth-order valence-corrected chi connectivity index (χ4v) is 3.88. The molecule has 0 saturated carbocycles. The van der Waals surface area contributed by atoms with Crippen molar-refractivity contribution < 1.29 is 18.3 Å². The third-order valence-electron chi connectivity index (χ3n) is 3.36. The molecule has 1 N–H and O–H groups in total. The van der Waals surface area contributed by atoms with Crippen molar-refractivity contribution >= 4 is 16.0 Å². The third kappa shape index (κ3) is 2.79. The van der Waals surface area contributed by atoms with Gasteiger partial charge in [-0.05, 0) is 30.0 Å². The topological polar surface area (TPSA) is 74.7 Å². The molecule has 0 aromatic heterocycles. The van der Waals surface area contributed by atoms with Crippen LogP contribution in [0.3, 0.4) is 0 Å². The van der Waals surface area contributed by atoms with Crippen LogP contribution in [0.2, 0.25) is 0 Å². The summed E-state index contributed by atoms with van der Waals surface area (Å²) in [5, 5.41) is 8.91. The molecule has 0 bridgehead atoms. The van der Waals surface area contributed by atoms with Crippen LogP contribution >= 0.6 is 0 Å². The fourth-order valence-electron chi connectivity index (χ4n) is 2.21. The van der Waals surface area contributed by atoms with Gasteiger partial charge in [0.2, 0.25) is 10.0 Å². The molecular weight excluding hydrogens is 266 g/mol. The highest BCUT2D eigenvalue weighted by Crippen LogP contribution is 2.32. The number of benzene rings is 1. The maximum absolute atomic E-state index is 12.4. The van der Waals surface area contributed by atoms with Gasteiger partial charge in [-0.25, -0.2) is 13.2 Å². The van der Waals surface area contributed by atoms with Crippen LogP contribution in [0.1, 0.15) is 30.6 Å². The van der Waals surface area contributed by atoms with Gasteiger partial charge in [0.05, 0.1) is 10.5 Å². The SMILES string of the molecule is CC1(C)CCN(S(=O)(=O)c2cccc(C(=O)O)c2)C1. The lowest BCUT2D eigenvalue weighted by atomic mass is 9.93. The summed E-state index contributed by atoms with van der Waals surface area (Å²) in [6.45, 7) is 4.99. The van der Waals surface area contributed by atoms with Gasteiger partial charge in [-0.1, -0.05) is 19.9 Å². The van der Waals surface area contributed by atoms with Crippen molar-refractivity contribution in [1.82, 2.24) is 4.31 Å². The number of hydrogen-bond acceptors (Lipinski definition) is 3. The summed E-state index contributed by atoms with van der Waals surface area (Å²) in [6.07, 6.45) is 0.810. The Hall–Kier alpha value is -1.40. The number of carboxylic acid groups (broad SMARTS) is 1. The summed E-state index contributed by atoms with van der Waals surface area (Å²) < 4.78 is 26.3. The van der Waals surface area contributed by atoms with Gasteiger partial charge in [0, 0.05) is 13.1 Å². The van der Waals surface area contributed by atoms with Crippen LogP contribution in [0.15, 0.2) is 29.2 Å². The maximum Gasteiger partial charge on any atom is 0.335 e. The summed E-state index contributed by atoms with van der Waals surface area (Å²) in [5.41, 5.74) is -0.0446. The van der Waals surface area contributed by atoms with E-state index in [1.807, 2.05) is 13.8 Å². The number of sulfonamides is 1. The van der Waals surface area contributed by atoms with Gasteiger partial charge in [0.15, 0.2) is 0 Å². The van der Waals surface area contributed by atoms with Gasteiger partial charge >= 0.3 is 5.97 Å². The molecule has 1 saturated heterocycles. The molecule has 6 heteroatoms. The molecule has 2 rings (SSSR count). The van der Waals surface area contributed by atoms with Gasteiger partial charge < -0.3 is 5.11 Å². The first-order chi connectivity index (χ1) is 8.72. The largest absolute Gasteiger partial charge is 0.478 e. The van der Waals surface area contributed by atoms with Crippen molar-refractivity contribution in [3.8, 4) is 0 Å². The van der Waals surface area contributed by atoms with Crippen LogP contribution in [0.4, 0.5) is 0 Å². The van der Waals surface area contributed by atoms with Gasteiger partial charge in [-0.3, -0.25) is 0 Å². The predicted molar refractivity (Wildman–Crippen MR) is 70.6 cm³/mol. The Kier molecular flexibility index (Phi) is 3.40. The van der Waals surface area contributed by atoms with Crippen LogP contribution in [-0.4, -0.2) is 36.9 Å². The first-order valence-electron chi connectivity index (χ1n) is 6.06. The lowest BCUT2D eigenvalue weighted by molar-refractivity contribution is 0.0696. The van der Waals surface area contributed by atoms with E-state index in [4.69, 9.17) is 5.11 Å². The van der Waals surface area contributed by atoms with Crippen molar-refractivity contribution in [2.45, 2.75) is 25.2 Å². The molecule has 5 nitrogen and oxygen atoms in total. The monoisotopic (exact) mass is 283 g/mol. The van der Waals surface area contributed by atoms with Gasteiger partial charge in [0.1, 0.15) is 0 Å². The number of rotatable bonds is 3. The van der Waals surface area contributed by atoms with E-state index in [-0.39, 0.29) is 15.9 Å². The Morgan fingerprint density at radius 2 is 2.05 bits per heavy atom. The Labute approximate surface area is 112 Å². The predicted octanol–water partition coefficient (Wildman–Crippen LogP) is 1.81. The first kappa shape index (κ1) is 14.0. The summed E-state index contributed by atoms with van der Waals surface area (Å²) in [7, 11) is -3.60. The van der Waals surface area contributed by atoms with Crippen molar-refractivity contribution in [3.63, 3.8) is 0 Å². The second-order valence-electron chi connectivity index (χ2n) is 5.59. The molecule has 104 valence electrons. The minimum Gasteiger partial charge on any atom is -0.478 e. The molecule has 1 aliphatic heterocycles. The first-order valence-corrected chi connectivity index (χ1v) is 7.50. The zero-order chi connectivity index (χ0) is 14.3. The lowest BCUT2D eigenvalue weighted by Crippen LogP contribution is -2.30. The molecule has 0 spiro atoms. The van der Waals surface area contributed by atoms with E-state index in [9.17, 15) is 13.2 Å². The Morgan fingerprint density at radius 1 is 1.37 bits per heavy atom. The van der Waals surface area contributed by atoms with E-state index < -0.39 is 16.0 Å². The molecular formula is C13H17NO4S. The molecule has 1 aromatic carbocycles. The van der Waals surface area contributed by atoms with Crippen LogP contribution < -0.4 is 0 Å². The highest BCUT2D eigenvalue weighted by molar-refractivity contribution is 7.89. The number of carboxylic acids is 1.